The zero-order chi connectivity index (χ0) is 8.67. The average molecular weight is 247 g/mol. The summed E-state index contributed by atoms with van der Waals surface area (Å²) in [4.78, 5) is 8.51. The van der Waals surface area contributed by atoms with Crippen molar-refractivity contribution in [3.63, 3.8) is 0 Å². The Bertz CT molecular complexity index is 337. The van der Waals surface area contributed by atoms with Crippen LogP contribution in [0.2, 0.25) is 0 Å². The quantitative estimate of drug-likeness (QED) is 0.757. The van der Waals surface area contributed by atoms with Gasteiger partial charge in [0.15, 0.2) is 5.17 Å². The van der Waals surface area contributed by atoms with Crippen molar-refractivity contribution in [3.05, 3.63) is 22.4 Å². The minimum absolute atomic E-state index is 0. The van der Waals surface area contributed by atoms with Crippen LogP contribution in [-0.4, -0.2) is 28.9 Å². The highest BCUT2D eigenvalue weighted by atomic mass is 35.5. The Morgan fingerprint density at radius 1 is 1.50 bits per heavy atom. The minimum atomic E-state index is 0. The summed E-state index contributed by atoms with van der Waals surface area (Å²) in [5.41, 5.74) is 0. The molecule has 1 aromatic rings. The van der Waals surface area contributed by atoms with Crippen LogP contribution in [0.25, 0.3) is 0 Å². The van der Waals surface area contributed by atoms with E-state index in [1.807, 2.05) is 23.1 Å². The van der Waals surface area contributed by atoms with Gasteiger partial charge in [0.1, 0.15) is 6.04 Å². The van der Waals surface area contributed by atoms with E-state index in [1.54, 1.807) is 0 Å². The third-order valence-electron chi connectivity index (χ3n) is 2.39. The van der Waals surface area contributed by atoms with Crippen molar-refractivity contribution in [2.24, 2.45) is 4.99 Å². The molecule has 0 N–H and O–H groups in total. The van der Waals surface area contributed by atoms with Gasteiger partial charge in [-0.1, -0.05) is 17.8 Å². The monoisotopic (exact) mass is 246 g/mol. The predicted octanol–water partition coefficient (Wildman–Crippen LogP) is 2.63. The van der Waals surface area contributed by atoms with E-state index in [-0.39, 0.29) is 12.4 Å². The minimum Gasteiger partial charge on any atom is -0.348 e. The summed E-state index contributed by atoms with van der Waals surface area (Å²) < 4.78 is 0. The van der Waals surface area contributed by atoms with Crippen molar-refractivity contribution in [1.29, 1.82) is 0 Å². The molecule has 2 nitrogen and oxygen atoms in total. The van der Waals surface area contributed by atoms with Gasteiger partial charge < -0.3 is 4.90 Å². The number of hydrogen-bond acceptors (Lipinski definition) is 4. The fourth-order valence-corrected chi connectivity index (χ4v) is 3.54. The average Bonchev–Trinajstić information content (AvgIpc) is 2.78. The molecule has 1 atom stereocenters. The summed E-state index contributed by atoms with van der Waals surface area (Å²) in [6.45, 7) is 2.29. The summed E-state index contributed by atoms with van der Waals surface area (Å²) in [6.07, 6.45) is 0. The van der Waals surface area contributed by atoms with Crippen molar-refractivity contribution in [1.82, 2.24) is 4.90 Å². The molecule has 0 bridgehead atoms. The Morgan fingerprint density at radius 3 is 3.14 bits per heavy atom. The number of nitrogens with zero attached hydrogens (tertiary/aromatic N) is 2. The Morgan fingerprint density at radius 2 is 2.43 bits per heavy atom. The van der Waals surface area contributed by atoms with Crippen molar-refractivity contribution in [3.8, 4) is 0 Å². The Hall–Kier alpha value is -0.190. The van der Waals surface area contributed by atoms with E-state index in [4.69, 9.17) is 4.99 Å². The first-order valence-electron chi connectivity index (χ1n) is 4.42. The number of aliphatic imine (C=N–C) groups is 1. The van der Waals surface area contributed by atoms with E-state index in [2.05, 4.69) is 22.4 Å². The van der Waals surface area contributed by atoms with E-state index in [0.717, 1.165) is 6.54 Å². The van der Waals surface area contributed by atoms with Gasteiger partial charge in [-0.05, 0) is 11.4 Å². The second-order valence-corrected chi connectivity index (χ2v) is 5.28. The molecule has 76 valence electrons. The van der Waals surface area contributed by atoms with Crippen LogP contribution in [0.5, 0.6) is 0 Å². The number of amidine groups is 1. The summed E-state index contributed by atoms with van der Waals surface area (Å²) in [7, 11) is 0. The van der Waals surface area contributed by atoms with Crippen LogP contribution in [0.3, 0.4) is 0 Å². The molecule has 2 aliphatic heterocycles. The number of rotatable bonds is 1. The summed E-state index contributed by atoms with van der Waals surface area (Å²) >= 11 is 3.71. The van der Waals surface area contributed by atoms with Crippen LogP contribution in [0, 0.1) is 0 Å². The lowest BCUT2D eigenvalue weighted by Gasteiger charge is -2.10. The van der Waals surface area contributed by atoms with Crippen LogP contribution in [0.4, 0.5) is 0 Å². The molecule has 0 aromatic carbocycles. The van der Waals surface area contributed by atoms with Gasteiger partial charge in [-0.2, -0.15) is 0 Å². The predicted molar refractivity (Wildman–Crippen MR) is 65.8 cm³/mol. The molecule has 0 spiro atoms. The first-order valence-corrected chi connectivity index (χ1v) is 6.29. The molecule has 1 saturated heterocycles. The third kappa shape index (κ3) is 1.66. The molecule has 0 radical (unpaired) electrons. The van der Waals surface area contributed by atoms with E-state index in [0.29, 0.717) is 6.04 Å². The van der Waals surface area contributed by atoms with E-state index >= 15 is 0 Å². The molecular formula is C9H11ClN2S2. The first kappa shape index (κ1) is 10.3. The molecule has 1 unspecified atom stereocenters. The van der Waals surface area contributed by atoms with Crippen LogP contribution in [-0.2, 0) is 0 Å². The summed E-state index contributed by atoms with van der Waals surface area (Å²) in [5, 5.41) is 3.39. The van der Waals surface area contributed by atoms with Gasteiger partial charge in [0.05, 0.1) is 0 Å². The van der Waals surface area contributed by atoms with E-state index in [9.17, 15) is 0 Å². The molecule has 3 rings (SSSR count). The number of halogens is 1. The lowest BCUT2D eigenvalue weighted by Crippen LogP contribution is -2.21. The zero-order valence-corrected chi connectivity index (χ0v) is 10.00. The van der Waals surface area contributed by atoms with E-state index < -0.39 is 0 Å². The molecule has 0 saturated carbocycles. The van der Waals surface area contributed by atoms with Crippen LogP contribution < -0.4 is 0 Å². The van der Waals surface area contributed by atoms with Crippen LogP contribution in [0.1, 0.15) is 10.9 Å². The maximum atomic E-state index is 4.71. The van der Waals surface area contributed by atoms with E-state index in [1.165, 1.54) is 22.3 Å². The summed E-state index contributed by atoms with van der Waals surface area (Å²) in [6, 6.07) is 4.71. The summed E-state index contributed by atoms with van der Waals surface area (Å²) in [5.74, 6) is 1.22. The molecule has 2 aliphatic rings. The van der Waals surface area contributed by atoms with Crippen molar-refractivity contribution in [2.45, 2.75) is 6.04 Å². The topological polar surface area (TPSA) is 15.6 Å². The Balaban J connectivity index is 0.000000750. The molecule has 0 amide bonds. The standard InChI is InChI=1S/C9H10N2S2.ClH/c1-2-8(12-4-1)7-6-11-3-5-13-9(11)10-7;/h1-2,4,7H,3,5-6H2;1H. The highest BCUT2D eigenvalue weighted by Crippen LogP contribution is 2.33. The van der Waals surface area contributed by atoms with Gasteiger partial charge in [0, 0.05) is 23.7 Å². The lowest BCUT2D eigenvalue weighted by molar-refractivity contribution is 0.466. The Labute approximate surface area is 97.8 Å². The second-order valence-electron chi connectivity index (χ2n) is 3.24. The van der Waals surface area contributed by atoms with Crippen molar-refractivity contribution in [2.75, 3.05) is 18.8 Å². The molecule has 0 aliphatic carbocycles. The molecule has 14 heavy (non-hydrogen) atoms. The smallest absolute Gasteiger partial charge is 0.160 e. The molecular weight excluding hydrogens is 236 g/mol. The molecule has 1 fully saturated rings. The number of thiophene rings is 1. The zero-order valence-electron chi connectivity index (χ0n) is 7.55. The number of hydrogen-bond donors (Lipinski definition) is 0. The Kier molecular flexibility index (Phi) is 3.04. The van der Waals surface area contributed by atoms with Crippen LogP contribution in [0.15, 0.2) is 22.5 Å². The van der Waals surface area contributed by atoms with Gasteiger partial charge in [0.2, 0.25) is 0 Å². The fourth-order valence-electron chi connectivity index (χ4n) is 1.74. The van der Waals surface area contributed by atoms with Crippen LogP contribution >= 0.6 is 35.5 Å². The maximum absolute atomic E-state index is 4.71. The van der Waals surface area contributed by atoms with Gasteiger partial charge in [0.25, 0.3) is 0 Å². The lowest BCUT2D eigenvalue weighted by atomic mass is 10.2. The number of thioether (sulfide) groups is 1. The SMILES string of the molecule is Cl.c1csc(C2CN3CCSC3=N2)c1. The molecule has 5 heteroatoms. The van der Waals surface area contributed by atoms with Gasteiger partial charge in [-0.3, -0.25) is 4.99 Å². The highest BCUT2D eigenvalue weighted by Gasteiger charge is 2.30. The van der Waals surface area contributed by atoms with Crippen molar-refractivity contribution < 1.29 is 0 Å². The largest absolute Gasteiger partial charge is 0.348 e. The molecule has 3 heterocycles. The second kappa shape index (κ2) is 4.13. The normalized spacial score (nSPS) is 24.4. The first-order chi connectivity index (χ1) is 6.43. The third-order valence-corrected chi connectivity index (χ3v) is 4.38. The maximum Gasteiger partial charge on any atom is 0.160 e. The van der Waals surface area contributed by atoms with Gasteiger partial charge in [-0.25, -0.2) is 0 Å². The number of fused-ring (bicyclic) bond motifs is 1. The van der Waals surface area contributed by atoms with Gasteiger partial charge >= 0.3 is 0 Å². The van der Waals surface area contributed by atoms with Crippen molar-refractivity contribution >= 4 is 40.7 Å². The fraction of sp³-hybridized carbons (Fsp3) is 0.444. The van der Waals surface area contributed by atoms with Gasteiger partial charge in [-0.15, -0.1) is 23.7 Å². The highest BCUT2D eigenvalue weighted by molar-refractivity contribution is 8.14. The molecule has 1 aromatic heterocycles.